The number of rotatable bonds is 5. The predicted octanol–water partition coefficient (Wildman–Crippen LogP) is 2.03. The Bertz CT molecular complexity index is 865. The van der Waals surface area contributed by atoms with E-state index >= 15 is 0 Å². The monoisotopic (exact) mass is 408 g/mol. The molecule has 0 aliphatic carbocycles. The number of hydrogen-bond donors (Lipinski definition) is 2. The van der Waals surface area contributed by atoms with E-state index in [0.29, 0.717) is 12.5 Å². The molecule has 2 aliphatic heterocycles. The maximum absolute atomic E-state index is 12.9. The number of pyridine rings is 1. The largest absolute Gasteiger partial charge is 0.354 e. The zero-order valence-corrected chi connectivity index (χ0v) is 16.9. The minimum absolute atomic E-state index is 0. The minimum atomic E-state index is -0.412. The second kappa shape index (κ2) is 8.54. The summed E-state index contributed by atoms with van der Waals surface area (Å²) in [6, 6.07) is 4.93. The maximum Gasteiger partial charge on any atom is 0.251 e. The number of nitrogens with one attached hydrogen (secondary N) is 2. The molecule has 3 atom stereocenters. The Balaban J connectivity index is 0.00000210. The Hall–Kier alpha value is -1.70. The molecular weight excluding hydrogens is 384 g/mol. The van der Waals surface area contributed by atoms with Gasteiger partial charge in [-0.05, 0) is 25.8 Å². The maximum atomic E-state index is 12.9. The first kappa shape index (κ1) is 20.0. The standard InChI is InChI=1S/C19H24N4O2S.ClH/c1-12-11-26-16(22-12)5-3-7-21-19(25)18-14-8-13(9-20-10-14)15-4-2-6-17(24)23(15)18;/h2,4,6,11,13-14,18,20H,3,5,7-10H2,1H3,(H,21,25);1H/t13-,14+,18-;/m1./s1. The number of carbonyl (C=O) groups is 1. The van der Waals surface area contributed by atoms with Crippen LogP contribution in [0.5, 0.6) is 0 Å². The van der Waals surface area contributed by atoms with Gasteiger partial charge in [0.25, 0.3) is 5.56 Å². The van der Waals surface area contributed by atoms with Crippen molar-refractivity contribution in [3.63, 3.8) is 0 Å². The average molecular weight is 409 g/mol. The van der Waals surface area contributed by atoms with Gasteiger partial charge in [0, 0.05) is 60.7 Å². The molecule has 2 aromatic rings. The predicted molar refractivity (Wildman–Crippen MR) is 109 cm³/mol. The lowest BCUT2D eigenvalue weighted by Crippen LogP contribution is -2.52. The van der Waals surface area contributed by atoms with E-state index in [1.807, 2.05) is 18.4 Å². The Labute approximate surface area is 168 Å². The van der Waals surface area contributed by atoms with Crippen molar-refractivity contribution in [3.05, 3.63) is 50.3 Å². The summed E-state index contributed by atoms with van der Waals surface area (Å²) in [5.74, 6) is 0.449. The number of piperidine rings is 1. The highest BCUT2D eigenvalue weighted by molar-refractivity contribution is 7.09. The summed E-state index contributed by atoms with van der Waals surface area (Å²) >= 11 is 1.66. The van der Waals surface area contributed by atoms with Gasteiger partial charge in [-0.1, -0.05) is 6.07 Å². The van der Waals surface area contributed by atoms with Crippen LogP contribution in [0.25, 0.3) is 0 Å². The topological polar surface area (TPSA) is 76.0 Å². The number of hydrogen-bond acceptors (Lipinski definition) is 5. The SMILES string of the molecule is Cc1csc(CCCNC(=O)[C@H]2[C@@H]3CNC[C@@H](C3)c3cccc(=O)n32)n1.Cl. The Morgan fingerprint density at radius 1 is 1.41 bits per heavy atom. The molecule has 0 unspecified atom stereocenters. The first-order chi connectivity index (χ1) is 12.6. The number of fused-ring (bicyclic) bond motifs is 4. The quantitative estimate of drug-likeness (QED) is 0.742. The third-order valence-corrected chi connectivity index (χ3v) is 6.38. The number of carbonyl (C=O) groups excluding carboxylic acids is 1. The molecule has 0 spiro atoms. The molecule has 0 radical (unpaired) electrons. The first-order valence-corrected chi connectivity index (χ1v) is 10.1. The molecule has 0 saturated carbocycles. The van der Waals surface area contributed by atoms with Crippen LogP contribution in [0.3, 0.4) is 0 Å². The lowest BCUT2D eigenvalue weighted by molar-refractivity contribution is -0.127. The highest BCUT2D eigenvalue weighted by Gasteiger charge is 2.41. The molecule has 2 aliphatic rings. The number of nitrogens with zero attached hydrogens (tertiary/aromatic N) is 2. The van der Waals surface area contributed by atoms with Gasteiger partial charge in [-0.15, -0.1) is 23.7 Å². The van der Waals surface area contributed by atoms with Gasteiger partial charge in [-0.3, -0.25) is 14.2 Å². The second-order valence-electron chi connectivity index (χ2n) is 7.23. The van der Waals surface area contributed by atoms with E-state index in [1.165, 1.54) is 0 Å². The minimum Gasteiger partial charge on any atom is -0.354 e. The molecule has 2 aromatic heterocycles. The molecule has 4 rings (SSSR count). The molecule has 4 heterocycles. The number of thiazole rings is 1. The number of aryl methyl sites for hydroxylation is 2. The normalized spacial score (nSPS) is 23.2. The summed E-state index contributed by atoms with van der Waals surface area (Å²) in [5.41, 5.74) is 1.96. The van der Waals surface area contributed by atoms with E-state index in [4.69, 9.17) is 0 Å². The van der Waals surface area contributed by atoms with Gasteiger partial charge in [-0.2, -0.15) is 0 Å². The second-order valence-corrected chi connectivity index (χ2v) is 8.17. The van der Waals surface area contributed by atoms with Crippen LogP contribution in [0.1, 0.15) is 41.2 Å². The van der Waals surface area contributed by atoms with Gasteiger partial charge in [0.15, 0.2) is 0 Å². The number of amides is 1. The van der Waals surface area contributed by atoms with Gasteiger partial charge in [0.1, 0.15) is 6.04 Å². The van der Waals surface area contributed by atoms with E-state index in [2.05, 4.69) is 15.6 Å². The molecule has 6 nitrogen and oxygen atoms in total. The van der Waals surface area contributed by atoms with Crippen molar-refractivity contribution >= 4 is 29.7 Å². The lowest BCUT2D eigenvalue weighted by Gasteiger charge is -2.42. The molecular formula is C19H25ClN4O2S. The van der Waals surface area contributed by atoms with Crippen LogP contribution in [0, 0.1) is 12.8 Å². The van der Waals surface area contributed by atoms with Crippen LogP contribution in [0.15, 0.2) is 28.4 Å². The molecule has 1 amide bonds. The van der Waals surface area contributed by atoms with E-state index in [-0.39, 0.29) is 29.8 Å². The Morgan fingerprint density at radius 2 is 2.26 bits per heavy atom. The van der Waals surface area contributed by atoms with Crippen molar-refractivity contribution in [2.75, 3.05) is 19.6 Å². The van der Waals surface area contributed by atoms with E-state index < -0.39 is 6.04 Å². The third kappa shape index (κ3) is 4.10. The highest BCUT2D eigenvalue weighted by atomic mass is 35.5. The zero-order chi connectivity index (χ0) is 18.1. The van der Waals surface area contributed by atoms with Crippen LogP contribution in [0.4, 0.5) is 0 Å². The summed E-state index contributed by atoms with van der Waals surface area (Å²) < 4.78 is 1.74. The van der Waals surface area contributed by atoms with Gasteiger partial charge < -0.3 is 10.6 Å². The van der Waals surface area contributed by atoms with Crippen molar-refractivity contribution < 1.29 is 4.79 Å². The molecule has 8 heteroatoms. The van der Waals surface area contributed by atoms with Crippen LogP contribution in [-0.2, 0) is 11.2 Å². The number of halogens is 1. The summed E-state index contributed by atoms with van der Waals surface area (Å²) in [6.45, 7) is 4.26. The molecule has 2 bridgehead atoms. The van der Waals surface area contributed by atoms with Crippen molar-refractivity contribution in [1.29, 1.82) is 0 Å². The fourth-order valence-corrected chi connectivity index (χ4v) is 5.02. The molecule has 1 fully saturated rings. The van der Waals surface area contributed by atoms with Gasteiger partial charge in [-0.25, -0.2) is 4.98 Å². The summed E-state index contributed by atoms with van der Waals surface area (Å²) in [5, 5.41) is 9.63. The molecule has 1 saturated heterocycles. The van der Waals surface area contributed by atoms with Crippen molar-refractivity contribution in [2.24, 2.45) is 5.92 Å². The van der Waals surface area contributed by atoms with Crippen LogP contribution >= 0.6 is 23.7 Å². The average Bonchev–Trinajstić information content (AvgIpc) is 3.05. The van der Waals surface area contributed by atoms with Crippen molar-refractivity contribution in [1.82, 2.24) is 20.2 Å². The van der Waals surface area contributed by atoms with Crippen molar-refractivity contribution in [2.45, 2.75) is 38.1 Å². The van der Waals surface area contributed by atoms with Crippen LogP contribution in [0.2, 0.25) is 0 Å². The Kier molecular flexibility index (Phi) is 6.34. The van der Waals surface area contributed by atoms with Gasteiger partial charge in [0.2, 0.25) is 5.91 Å². The van der Waals surface area contributed by atoms with E-state index in [9.17, 15) is 9.59 Å². The fraction of sp³-hybridized carbons (Fsp3) is 0.526. The summed E-state index contributed by atoms with van der Waals surface area (Å²) in [6.07, 6.45) is 2.69. The van der Waals surface area contributed by atoms with Crippen LogP contribution < -0.4 is 16.2 Å². The molecule has 2 N–H and O–H groups in total. The third-order valence-electron chi connectivity index (χ3n) is 5.35. The van der Waals surface area contributed by atoms with E-state index in [1.54, 1.807) is 28.0 Å². The summed E-state index contributed by atoms with van der Waals surface area (Å²) in [4.78, 5) is 29.9. The molecule has 27 heavy (non-hydrogen) atoms. The smallest absolute Gasteiger partial charge is 0.251 e. The van der Waals surface area contributed by atoms with Crippen LogP contribution in [-0.4, -0.2) is 35.1 Å². The zero-order valence-electron chi connectivity index (χ0n) is 15.3. The lowest BCUT2D eigenvalue weighted by atomic mass is 9.79. The molecule has 0 aromatic carbocycles. The Morgan fingerprint density at radius 3 is 3.04 bits per heavy atom. The van der Waals surface area contributed by atoms with Crippen molar-refractivity contribution in [3.8, 4) is 0 Å². The summed E-state index contributed by atoms with van der Waals surface area (Å²) in [7, 11) is 0. The first-order valence-electron chi connectivity index (χ1n) is 9.24. The van der Waals surface area contributed by atoms with Gasteiger partial charge in [0.05, 0.1) is 5.01 Å². The fourth-order valence-electron chi connectivity index (χ4n) is 4.20. The van der Waals surface area contributed by atoms with Gasteiger partial charge >= 0.3 is 0 Å². The molecule has 146 valence electrons. The number of aromatic nitrogens is 2. The van der Waals surface area contributed by atoms with E-state index in [0.717, 1.165) is 48.7 Å². The highest BCUT2D eigenvalue weighted by Crippen LogP contribution is 2.38.